The van der Waals surface area contributed by atoms with E-state index < -0.39 is 0 Å². The van der Waals surface area contributed by atoms with Crippen LogP contribution in [0.2, 0.25) is 0 Å². The van der Waals surface area contributed by atoms with Crippen molar-refractivity contribution in [3.05, 3.63) is 35.8 Å². The Morgan fingerprint density at radius 3 is 2.89 bits per heavy atom. The van der Waals surface area contributed by atoms with Crippen molar-refractivity contribution in [3.63, 3.8) is 0 Å². The van der Waals surface area contributed by atoms with Crippen LogP contribution in [0.5, 0.6) is 0 Å². The van der Waals surface area contributed by atoms with E-state index in [9.17, 15) is 4.79 Å². The Morgan fingerprint density at radius 2 is 2.37 bits per heavy atom. The van der Waals surface area contributed by atoms with Crippen molar-refractivity contribution in [2.45, 2.75) is 13.0 Å². The lowest BCUT2D eigenvalue weighted by molar-refractivity contribution is 0.0929. The molecule has 102 valence electrons. The molecule has 1 amide bonds. The Kier molecular flexibility index (Phi) is 3.96. The van der Waals surface area contributed by atoms with Crippen molar-refractivity contribution in [1.82, 2.24) is 25.4 Å². The van der Waals surface area contributed by atoms with Crippen molar-refractivity contribution in [1.29, 1.82) is 0 Å². The molecule has 0 aromatic carbocycles. The van der Waals surface area contributed by atoms with E-state index in [1.54, 1.807) is 13.2 Å². The standard InChI is InChI=1S/C12H17N5O2/c1-8-14-11(16-15-8)12(18)13-7-9(17(2)3)10-5-4-6-19-10/h4-6,9H,7H2,1-3H3,(H,13,18)(H,14,15,16). The summed E-state index contributed by atoms with van der Waals surface area (Å²) >= 11 is 0. The van der Waals surface area contributed by atoms with E-state index >= 15 is 0 Å². The van der Waals surface area contributed by atoms with Crippen LogP contribution in [-0.2, 0) is 0 Å². The van der Waals surface area contributed by atoms with E-state index in [2.05, 4.69) is 20.5 Å². The van der Waals surface area contributed by atoms with Crippen molar-refractivity contribution < 1.29 is 9.21 Å². The second-order valence-corrected chi connectivity index (χ2v) is 4.45. The van der Waals surface area contributed by atoms with E-state index in [1.165, 1.54) is 0 Å². The normalized spacial score (nSPS) is 12.6. The van der Waals surface area contributed by atoms with Crippen LogP contribution in [0, 0.1) is 6.92 Å². The molecule has 0 aliphatic rings. The molecule has 1 unspecified atom stereocenters. The summed E-state index contributed by atoms with van der Waals surface area (Å²) in [5.41, 5.74) is 0. The predicted octanol–water partition coefficient (Wildman–Crippen LogP) is 0.739. The maximum absolute atomic E-state index is 11.8. The third-order valence-corrected chi connectivity index (χ3v) is 2.75. The number of furan rings is 1. The van der Waals surface area contributed by atoms with Gasteiger partial charge in [-0.25, -0.2) is 4.98 Å². The fourth-order valence-corrected chi connectivity index (χ4v) is 1.73. The molecule has 7 nitrogen and oxygen atoms in total. The average Bonchev–Trinajstić information content (AvgIpc) is 3.00. The van der Waals surface area contributed by atoms with Crippen molar-refractivity contribution in [2.24, 2.45) is 0 Å². The van der Waals surface area contributed by atoms with Gasteiger partial charge < -0.3 is 9.73 Å². The van der Waals surface area contributed by atoms with Gasteiger partial charge in [-0.2, -0.15) is 0 Å². The van der Waals surface area contributed by atoms with Gasteiger partial charge in [0.2, 0.25) is 5.82 Å². The van der Waals surface area contributed by atoms with Crippen LogP contribution >= 0.6 is 0 Å². The number of rotatable bonds is 5. The maximum Gasteiger partial charge on any atom is 0.291 e. The van der Waals surface area contributed by atoms with Crippen molar-refractivity contribution >= 4 is 5.91 Å². The summed E-state index contributed by atoms with van der Waals surface area (Å²) in [4.78, 5) is 17.8. The number of H-pyrrole nitrogens is 1. The van der Waals surface area contributed by atoms with Gasteiger partial charge in [-0.15, -0.1) is 5.10 Å². The molecule has 2 aromatic heterocycles. The second-order valence-electron chi connectivity index (χ2n) is 4.45. The summed E-state index contributed by atoms with van der Waals surface area (Å²) < 4.78 is 5.37. The summed E-state index contributed by atoms with van der Waals surface area (Å²) in [6.07, 6.45) is 1.62. The van der Waals surface area contributed by atoms with Crippen LogP contribution in [0.1, 0.15) is 28.2 Å². The van der Waals surface area contributed by atoms with E-state index in [4.69, 9.17) is 4.42 Å². The van der Waals surface area contributed by atoms with Crippen LogP contribution in [0.4, 0.5) is 0 Å². The van der Waals surface area contributed by atoms with Gasteiger partial charge in [-0.1, -0.05) is 0 Å². The number of likely N-dealkylation sites (N-methyl/N-ethyl adjacent to an activating group) is 1. The van der Waals surface area contributed by atoms with Crippen LogP contribution in [0.15, 0.2) is 22.8 Å². The molecular formula is C12H17N5O2. The summed E-state index contributed by atoms with van der Waals surface area (Å²) in [7, 11) is 3.85. The quantitative estimate of drug-likeness (QED) is 0.830. The smallest absolute Gasteiger partial charge is 0.291 e. The van der Waals surface area contributed by atoms with Crippen LogP contribution in [-0.4, -0.2) is 46.6 Å². The highest BCUT2D eigenvalue weighted by Crippen LogP contribution is 2.17. The third kappa shape index (κ3) is 3.19. The first-order chi connectivity index (χ1) is 9.08. The Bertz CT molecular complexity index is 532. The van der Waals surface area contributed by atoms with Gasteiger partial charge in [0.25, 0.3) is 5.91 Å². The zero-order chi connectivity index (χ0) is 13.8. The molecule has 0 spiro atoms. The lowest BCUT2D eigenvalue weighted by Gasteiger charge is -2.22. The molecule has 0 fully saturated rings. The molecule has 0 saturated carbocycles. The van der Waals surface area contributed by atoms with E-state index in [1.807, 2.05) is 31.1 Å². The van der Waals surface area contributed by atoms with Gasteiger partial charge in [0.15, 0.2) is 0 Å². The van der Waals surface area contributed by atoms with Crippen LogP contribution in [0.3, 0.4) is 0 Å². The zero-order valence-corrected chi connectivity index (χ0v) is 11.2. The Morgan fingerprint density at radius 1 is 1.58 bits per heavy atom. The Hall–Kier alpha value is -2.15. The fourth-order valence-electron chi connectivity index (χ4n) is 1.73. The largest absolute Gasteiger partial charge is 0.468 e. The first-order valence-electron chi connectivity index (χ1n) is 5.95. The number of amides is 1. The minimum atomic E-state index is -0.303. The number of aromatic amines is 1. The molecule has 2 aromatic rings. The van der Waals surface area contributed by atoms with Crippen molar-refractivity contribution in [2.75, 3.05) is 20.6 Å². The van der Waals surface area contributed by atoms with Gasteiger partial charge in [-0.05, 0) is 33.2 Å². The highest BCUT2D eigenvalue weighted by atomic mass is 16.3. The SMILES string of the molecule is Cc1nc(C(=O)NCC(c2ccco2)N(C)C)n[nH]1. The van der Waals surface area contributed by atoms with Gasteiger partial charge in [0, 0.05) is 6.54 Å². The van der Waals surface area contributed by atoms with Gasteiger partial charge >= 0.3 is 0 Å². The van der Waals surface area contributed by atoms with Crippen molar-refractivity contribution in [3.8, 4) is 0 Å². The fraction of sp³-hybridized carbons (Fsp3) is 0.417. The van der Waals surface area contributed by atoms with Gasteiger partial charge in [0.05, 0.1) is 12.3 Å². The zero-order valence-electron chi connectivity index (χ0n) is 11.2. The first kappa shape index (κ1) is 13.3. The van der Waals surface area contributed by atoms with E-state index in [0.29, 0.717) is 12.4 Å². The molecule has 0 bridgehead atoms. The highest BCUT2D eigenvalue weighted by Gasteiger charge is 2.19. The number of hydrogen-bond donors (Lipinski definition) is 2. The summed E-state index contributed by atoms with van der Waals surface area (Å²) in [5.74, 6) is 1.26. The van der Waals surface area contributed by atoms with Gasteiger partial charge in [-0.3, -0.25) is 14.8 Å². The Labute approximate surface area is 111 Å². The van der Waals surface area contributed by atoms with E-state index in [0.717, 1.165) is 5.76 Å². The first-order valence-corrected chi connectivity index (χ1v) is 5.95. The molecule has 7 heteroatoms. The van der Waals surface area contributed by atoms with Crippen LogP contribution < -0.4 is 5.32 Å². The highest BCUT2D eigenvalue weighted by molar-refractivity contribution is 5.90. The minimum Gasteiger partial charge on any atom is -0.468 e. The summed E-state index contributed by atoms with van der Waals surface area (Å²) in [5, 5.41) is 9.25. The molecule has 0 saturated heterocycles. The lowest BCUT2D eigenvalue weighted by Crippen LogP contribution is -2.34. The van der Waals surface area contributed by atoms with Gasteiger partial charge in [0.1, 0.15) is 11.6 Å². The van der Waals surface area contributed by atoms with Crippen LogP contribution in [0.25, 0.3) is 0 Å². The minimum absolute atomic E-state index is 0.0287. The predicted molar refractivity (Wildman–Crippen MR) is 68.6 cm³/mol. The number of carbonyl (C=O) groups is 1. The number of nitrogens with one attached hydrogen (secondary N) is 2. The molecule has 19 heavy (non-hydrogen) atoms. The number of aryl methyl sites for hydroxylation is 1. The number of nitrogens with zero attached hydrogens (tertiary/aromatic N) is 3. The number of carbonyl (C=O) groups excluding carboxylic acids is 1. The molecule has 2 heterocycles. The topological polar surface area (TPSA) is 87.1 Å². The molecule has 1 atom stereocenters. The third-order valence-electron chi connectivity index (χ3n) is 2.75. The summed E-state index contributed by atoms with van der Waals surface area (Å²) in [6, 6.07) is 3.68. The second kappa shape index (κ2) is 5.66. The molecule has 0 aliphatic heterocycles. The summed E-state index contributed by atoms with van der Waals surface area (Å²) in [6.45, 7) is 2.17. The average molecular weight is 263 g/mol. The molecular weight excluding hydrogens is 246 g/mol. The molecule has 0 aliphatic carbocycles. The molecule has 0 radical (unpaired) electrons. The molecule has 2 rings (SSSR count). The van der Waals surface area contributed by atoms with E-state index in [-0.39, 0.29) is 17.8 Å². The monoisotopic (exact) mass is 263 g/mol. The lowest BCUT2D eigenvalue weighted by atomic mass is 10.2. The number of hydrogen-bond acceptors (Lipinski definition) is 5. The Balaban J connectivity index is 1.98. The maximum atomic E-state index is 11.8. The number of aromatic nitrogens is 3. The molecule has 2 N–H and O–H groups in total.